The highest BCUT2D eigenvalue weighted by molar-refractivity contribution is 7.92. The summed E-state index contributed by atoms with van der Waals surface area (Å²) in [5.74, 6) is -2.40. The van der Waals surface area contributed by atoms with E-state index in [2.05, 4.69) is 4.74 Å². The van der Waals surface area contributed by atoms with Crippen LogP contribution in [0.4, 0.5) is 0 Å². The maximum atomic E-state index is 12.1. The molecule has 8 heteroatoms. The molecule has 0 amide bonds. The standard InChI is InChI=1S/C12H12Cl2O5S/c1-2-19-11(16)6-8(15)7-20(17,18)12-9(13)4-3-5-10(12)14/h3-5H,2,6-7H2,1H3. The van der Waals surface area contributed by atoms with Gasteiger partial charge in [-0.25, -0.2) is 8.42 Å². The van der Waals surface area contributed by atoms with Crippen LogP contribution in [0.3, 0.4) is 0 Å². The lowest BCUT2D eigenvalue weighted by atomic mass is 10.3. The molecule has 0 heterocycles. The average molecular weight is 339 g/mol. The number of sulfone groups is 1. The lowest BCUT2D eigenvalue weighted by molar-refractivity contribution is -0.145. The van der Waals surface area contributed by atoms with Gasteiger partial charge in [-0.3, -0.25) is 9.59 Å². The molecule has 0 N–H and O–H groups in total. The number of halogens is 2. The Labute approximate surface area is 126 Å². The zero-order valence-corrected chi connectivity index (χ0v) is 12.9. The van der Waals surface area contributed by atoms with Crippen molar-refractivity contribution < 1.29 is 22.7 Å². The fourth-order valence-corrected chi connectivity index (χ4v) is 3.99. The van der Waals surface area contributed by atoms with E-state index in [1.165, 1.54) is 18.2 Å². The van der Waals surface area contributed by atoms with E-state index >= 15 is 0 Å². The maximum Gasteiger partial charge on any atom is 0.313 e. The van der Waals surface area contributed by atoms with Gasteiger partial charge in [0.15, 0.2) is 15.6 Å². The number of carbonyl (C=O) groups is 2. The molecule has 0 radical (unpaired) electrons. The summed E-state index contributed by atoms with van der Waals surface area (Å²) in [7, 11) is -4.00. The number of esters is 1. The lowest BCUT2D eigenvalue weighted by Crippen LogP contribution is -2.20. The van der Waals surface area contributed by atoms with Crippen molar-refractivity contribution >= 4 is 44.8 Å². The Bertz CT molecular complexity index is 604. The second-order valence-electron chi connectivity index (χ2n) is 3.83. The highest BCUT2D eigenvalue weighted by atomic mass is 35.5. The molecule has 5 nitrogen and oxygen atoms in total. The Morgan fingerprint density at radius 1 is 1.20 bits per heavy atom. The van der Waals surface area contributed by atoms with Gasteiger partial charge in [-0.05, 0) is 19.1 Å². The molecule has 0 aliphatic carbocycles. The predicted molar refractivity (Wildman–Crippen MR) is 74.8 cm³/mol. The molecule has 0 atom stereocenters. The zero-order chi connectivity index (χ0) is 15.3. The first-order chi connectivity index (χ1) is 9.27. The molecule has 0 bridgehead atoms. The van der Waals surface area contributed by atoms with E-state index in [1.54, 1.807) is 6.92 Å². The second kappa shape index (κ2) is 7.06. The van der Waals surface area contributed by atoms with Crippen molar-refractivity contribution in [1.82, 2.24) is 0 Å². The van der Waals surface area contributed by atoms with Crippen LogP contribution in [0, 0.1) is 0 Å². The van der Waals surface area contributed by atoms with Crippen molar-refractivity contribution in [3.05, 3.63) is 28.2 Å². The van der Waals surface area contributed by atoms with Crippen LogP contribution in [-0.2, 0) is 24.2 Å². The fourth-order valence-electron chi connectivity index (χ4n) is 1.49. The van der Waals surface area contributed by atoms with Crippen LogP contribution in [-0.4, -0.2) is 32.5 Å². The summed E-state index contributed by atoms with van der Waals surface area (Å²) in [6, 6.07) is 4.20. The first-order valence-corrected chi connectivity index (χ1v) is 8.03. The van der Waals surface area contributed by atoms with Gasteiger partial charge in [0.25, 0.3) is 0 Å². The highest BCUT2D eigenvalue weighted by Gasteiger charge is 2.26. The average Bonchev–Trinajstić information content (AvgIpc) is 2.26. The molecule has 1 rings (SSSR count). The minimum Gasteiger partial charge on any atom is -0.466 e. The van der Waals surface area contributed by atoms with Gasteiger partial charge in [0, 0.05) is 0 Å². The van der Waals surface area contributed by atoms with E-state index in [0.717, 1.165) is 0 Å². The third-order valence-corrected chi connectivity index (χ3v) is 4.85. The van der Waals surface area contributed by atoms with E-state index in [0.29, 0.717) is 0 Å². The van der Waals surface area contributed by atoms with Crippen LogP contribution in [0.5, 0.6) is 0 Å². The second-order valence-corrected chi connectivity index (χ2v) is 6.57. The van der Waals surface area contributed by atoms with Crippen molar-refractivity contribution in [2.24, 2.45) is 0 Å². The van der Waals surface area contributed by atoms with Crippen molar-refractivity contribution in [2.75, 3.05) is 12.4 Å². The molecule has 1 aromatic carbocycles. The number of hydrogen-bond donors (Lipinski definition) is 0. The van der Waals surface area contributed by atoms with Gasteiger partial charge in [-0.15, -0.1) is 0 Å². The molecule has 0 saturated carbocycles. The first-order valence-electron chi connectivity index (χ1n) is 5.62. The van der Waals surface area contributed by atoms with E-state index in [9.17, 15) is 18.0 Å². The van der Waals surface area contributed by atoms with Gasteiger partial charge in [0.2, 0.25) is 0 Å². The zero-order valence-electron chi connectivity index (χ0n) is 10.6. The number of ether oxygens (including phenoxy) is 1. The van der Waals surface area contributed by atoms with Gasteiger partial charge in [-0.2, -0.15) is 0 Å². The molecule has 0 unspecified atom stereocenters. The lowest BCUT2D eigenvalue weighted by Gasteiger charge is -2.07. The molecule has 0 fully saturated rings. The van der Waals surface area contributed by atoms with E-state index in [1.807, 2.05) is 0 Å². The molecule has 0 aromatic heterocycles. The van der Waals surface area contributed by atoms with Crippen LogP contribution in [0.1, 0.15) is 13.3 Å². The third-order valence-electron chi connectivity index (χ3n) is 2.23. The van der Waals surface area contributed by atoms with E-state index in [4.69, 9.17) is 23.2 Å². The first kappa shape index (κ1) is 16.9. The van der Waals surface area contributed by atoms with Crippen LogP contribution >= 0.6 is 23.2 Å². The summed E-state index contributed by atoms with van der Waals surface area (Å²) in [6.07, 6.45) is -0.602. The van der Waals surface area contributed by atoms with Crippen LogP contribution in [0.25, 0.3) is 0 Å². The van der Waals surface area contributed by atoms with Gasteiger partial charge >= 0.3 is 5.97 Å². The quantitative estimate of drug-likeness (QED) is 0.587. The SMILES string of the molecule is CCOC(=O)CC(=O)CS(=O)(=O)c1c(Cl)cccc1Cl. The van der Waals surface area contributed by atoms with Crippen molar-refractivity contribution in [1.29, 1.82) is 0 Å². The Morgan fingerprint density at radius 3 is 2.25 bits per heavy atom. The Morgan fingerprint density at radius 2 is 1.75 bits per heavy atom. The minimum absolute atomic E-state index is 0.0681. The highest BCUT2D eigenvalue weighted by Crippen LogP contribution is 2.29. The summed E-state index contributed by atoms with van der Waals surface area (Å²) < 4.78 is 28.7. The predicted octanol–water partition coefficient (Wildman–Crippen LogP) is 2.29. The summed E-state index contributed by atoms with van der Waals surface area (Å²) in [5, 5.41) is -0.136. The normalized spacial score (nSPS) is 11.2. The molecule has 1 aromatic rings. The largest absolute Gasteiger partial charge is 0.466 e. The topological polar surface area (TPSA) is 77.5 Å². The van der Waals surface area contributed by atoms with Crippen molar-refractivity contribution in [2.45, 2.75) is 18.2 Å². The molecule has 0 spiro atoms. The van der Waals surface area contributed by atoms with Gasteiger partial charge < -0.3 is 4.74 Å². The minimum atomic E-state index is -4.00. The molecular formula is C12H12Cl2O5S. The van der Waals surface area contributed by atoms with E-state index < -0.39 is 33.8 Å². The monoisotopic (exact) mass is 338 g/mol. The molecule has 0 aliphatic rings. The number of rotatable bonds is 6. The number of hydrogen-bond acceptors (Lipinski definition) is 5. The Kier molecular flexibility index (Phi) is 5.98. The number of carbonyl (C=O) groups excluding carboxylic acids is 2. The Balaban J connectivity index is 2.91. The molecule has 0 saturated heterocycles. The summed E-state index contributed by atoms with van der Waals surface area (Å²) in [5.41, 5.74) is 0. The molecule has 0 aliphatic heterocycles. The van der Waals surface area contributed by atoms with Crippen molar-refractivity contribution in [3.63, 3.8) is 0 Å². The number of ketones is 1. The Hall–Kier alpha value is -1.11. The fraction of sp³-hybridized carbons (Fsp3) is 0.333. The maximum absolute atomic E-state index is 12.1. The summed E-state index contributed by atoms with van der Waals surface area (Å²) in [4.78, 5) is 22.4. The van der Waals surface area contributed by atoms with Crippen molar-refractivity contribution in [3.8, 4) is 0 Å². The summed E-state index contributed by atoms with van der Waals surface area (Å²) >= 11 is 11.6. The third kappa shape index (κ3) is 4.47. The number of benzene rings is 1. The molecule has 20 heavy (non-hydrogen) atoms. The van der Waals surface area contributed by atoms with Crippen LogP contribution < -0.4 is 0 Å². The smallest absolute Gasteiger partial charge is 0.313 e. The van der Waals surface area contributed by atoms with Crippen LogP contribution in [0.2, 0.25) is 10.0 Å². The van der Waals surface area contributed by atoms with Gasteiger partial charge in [0.05, 0.1) is 16.7 Å². The van der Waals surface area contributed by atoms with E-state index in [-0.39, 0.29) is 21.5 Å². The van der Waals surface area contributed by atoms with Crippen LogP contribution in [0.15, 0.2) is 23.1 Å². The van der Waals surface area contributed by atoms with Gasteiger partial charge in [0.1, 0.15) is 17.1 Å². The molecule has 110 valence electrons. The van der Waals surface area contributed by atoms with Gasteiger partial charge in [-0.1, -0.05) is 29.3 Å². The summed E-state index contributed by atoms with van der Waals surface area (Å²) in [6.45, 7) is 1.71. The number of Topliss-reactive ketones (excluding diaryl/α,β-unsaturated/α-hetero) is 1. The molecular weight excluding hydrogens is 327 g/mol.